The number of halogens is 5. The van der Waals surface area contributed by atoms with Gasteiger partial charge in [-0.25, -0.2) is 9.42 Å². The van der Waals surface area contributed by atoms with Crippen LogP contribution in [0.5, 0.6) is 0 Å². The molecule has 2 N–H and O–H groups in total. The number of nitrogens with two attached hydrogens (primary N) is 1. The van der Waals surface area contributed by atoms with Crippen LogP contribution in [-0.4, -0.2) is 38.2 Å². The molecule has 0 aliphatic rings. The van der Waals surface area contributed by atoms with Gasteiger partial charge in [-0.3, -0.25) is 4.21 Å². The zero-order valence-electron chi connectivity index (χ0n) is 13.5. The van der Waals surface area contributed by atoms with E-state index in [9.17, 15) is 22.6 Å². The van der Waals surface area contributed by atoms with Crippen molar-refractivity contribution in [3.63, 3.8) is 0 Å². The molecule has 26 heavy (non-hydrogen) atoms. The molecule has 1 aromatic heterocycles. The van der Waals surface area contributed by atoms with Crippen LogP contribution in [-0.2, 0) is 23.4 Å². The summed E-state index contributed by atoms with van der Waals surface area (Å²) in [7, 11) is -0.310. The van der Waals surface area contributed by atoms with E-state index in [1.807, 2.05) is 0 Å². The summed E-state index contributed by atoms with van der Waals surface area (Å²) < 4.78 is 52.2. The van der Waals surface area contributed by atoms with Gasteiger partial charge in [-0.05, 0) is 12.1 Å². The molecule has 1 aromatic carbocycles. The van der Waals surface area contributed by atoms with E-state index in [1.54, 1.807) is 0 Å². The summed E-state index contributed by atoms with van der Waals surface area (Å²) in [6.45, 7) is 0. The first-order valence-corrected chi connectivity index (χ1v) is 9.25. The minimum atomic E-state index is -4.63. The number of anilines is 1. The summed E-state index contributed by atoms with van der Waals surface area (Å²) >= 11 is 11.9. The minimum Gasteiger partial charge on any atom is -0.624 e. The van der Waals surface area contributed by atoms with Crippen LogP contribution in [0.25, 0.3) is 5.69 Å². The third kappa shape index (κ3) is 4.13. The highest BCUT2D eigenvalue weighted by Gasteiger charge is 2.33. The van der Waals surface area contributed by atoms with Crippen LogP contribution in [0.2, 0.25) is 10.0 Å². The van der Waals surface area contributed by atoms with E-state index in [0.29, 0.717) is 16.9 Å². The predicted octanol–water partition coefficient (Wildman–Crippen LogP) is 3.27. The van der Waals surface area contributed by atoms with Crippen molar-refractivity contribution >= 4 is 46.0 Å². The lowest BCUT2D eigenvalue weighted by molar-refractivity contribution is -0.418. The second-order valence-corrected chi connectivity index (χ2v) is 7.38. The van der Waals surface area contributed by atoms with E-state index in [0.717, 1.165) is 4.68 Å². The lowest BCUT2D eigenvalue weighted by Crippen LogP contribution is -2.09. The van der Waals surface area contributed by atoms with Crippen molar-refractivity contribution in [1.82, 2.24) is 9.78 Å². The highest BCUT2D eigenvalue weighted by atomic mass is 35.5. The van der Waals surface area contributed by atoms with Crippen LogP contribution in [0.15, 0.2) is 17.0 Å². The molecule has 0 fully saturated rings. The molecule has 2 aromatic rings. The highest BCUT2D eigenvalue weighted by molar-refractivity contribution is 7.84. The number of nitrogen functional groups attached to an aromatic ring is 1. The van der Waals surface area contributed by atoms with Gasteiger partial charge in [0, 0.05) is 6.26 Å². The van der Waals surface area contributed by atoms with E-state index >= 15 is 0 Å². The van der Waals surface area contributed by atoms with Gasteiger partial charge in [0.05, 0.1) is 38.5 Å². The van der Waals surface area contributed by atoms with Crippen molar-refractivity contribution in [2.45, 2.75) is 17.5 Å². The SMILES string of the molecule is C/[N+]([O-])=C\Cc1nn(-c2c(Cl)cc(C(F)(F)F)cc2Cl)c(N)c1S(C)=O. The number of nitrogens with zero attached hydrogens (tertiary/aromatic N) is 3. The average molecular weight is 429 g/mol. The number of hydroxylamine groups is 1. The lowest BCUT2D eigenvalue weighted by atomic mass is 10.2. The molecule has 0 saturated heterocycles. The van der Waals surface area contributed by atoms with Gasteiger partial charge in [-0.15, -0.1) is 0 Å². The largest absolute Gasteiger partial charge is 0.624 e. The standard InChI is InChI=1S/C14H13Cl2F3N4O2S/c1-22(24)4-3-10-12(26(2)25)13(20)23(21-10)11-8(15)5-7(6-9(11)16)14(17,18)19/h4-6H,3,20H2,1-2H3/b22-4+. The average Bonchev–Trinajstić information content (AvgIpc) is 2.80. The van der Waals surface area contributed by atoms with Crippen LogP contribution in [0.3, 0.4) is 0 Å². The molecule has 6 nitrogen and oxygen atoms in total. The third-order valence-corrected chi connectivity index (χ3v) is 4.92. The predicted molar refractivity (Wildman–Crippen MR) is 94.7 cm³/mol. The topological polar surface area (TPSA) is 87.0 Å². The van der Waals surface area contributed by atoms with E-state index in [1.165, 1.54) is 19.5 Å². The van der Waals surface area contributed by atoms with E-state index in [-0.39, 0.29) is 38.6 Å². The molecule has 0 amide bonds. The van der Waals surface area contributed by atoms with Crippen molar-refractivity contribution in [3.8, 4) is 5.69 Å². The first kappa shape index (κ1) is 20.5. The maximum atomic E-state index is 12.9. The van der Waals surface area contributed by atoms with Crippen LogP contribution in [0.4, 0.5) is 19.0 Å². The number of hydrogen-bond donors (Lipinski definition) is 1. The van der Waals surface area contributed by atoms with E-state index in [4.69, 9.17) is 28.9 Å². The Morgan fingerprint density at radius 1 is 1.38 bits per heavy atom. The van der Waals surface area contributed by atoms with Gasteiger partial charge in [0.15, 0.2) is 6.21 Å². The summed E-state index contributed by atoms with van der Waals surface area (Å²) in [5.41, 5.74) is 5.09. The smallest absolute Gasteiger partial charge is 0.416 e. The molecule has 0 radical (unpaired) electrons. The van der Waals surface area contributed by atoms with Crippen LogP contribution < -0.4 is 5.73 Å². The van der Waals surface area contributed by atoms with Gasteiger partial charge in [-0.2, -0.15) is 18.3 Å². The van der Waals surface area contributed by atoms with Crippen LogP contribution in [0, 0.1) is 5.21 Å². The molecule has 0 aliphatic heterocycles. The molecule has 2 rings (SSSR count). The molecular weight excluding hydrogens is 416 g/mol. The number of benzene rings is 1. The minimum absolute atomic E-state index is 0.0159. The Hall–Kier alpha value is -1.78. The zero-order valence-corrected chi connectivity index (χ0v) is 15.8. The van der Waals surface area contributed by atoms with Gasteiger partial charge >= 0.3 is 6.18 Å². The monoisotopic (exact) mass is 428 g/mol. The first-order chi connectivity index (χ1) is 11.9. The fraction of sp³-hybridized carbons (Fsp3) is 0.286. The number of hydrogen-bond acceptors (Lipinski definition) is 4. The van der Waals surface area contributed by atoms with Gasteiger partial charge < -0.3 is 10.9 Å². The number of aromatic nitrogens is 2. The maximum Gasteiger partial charge on any atom is 0.416 e. The summed E-state index contributed by atoms with van der Waals surface area (Å²) in [5, 5.41) is 14.5. The van der Waals surface area contributed by atoms with Crippen molar-refractivity contribution < 1.29 is 22.1 Å². The van der Waals surface area contributed by atoms with Crippen molar-refractivity contribution in [3.05, 3.63) is 38.6 Å². The molecule has 0 saturated carbocycles. The van der Waals surface area contributed by atoms with Gasteiger partial charge in [0.25, 0.3) is 0 Å². The van der Waals surface area contributed by atoms with Crippen molar-refractivity contribution in [1.29, 1.82) is 0 Å². The highest BCUT2D eigenvalue weighted by Crippen LogP contribution is 2.39. The number of rotatable bonds is 4. The summed E-state index contributed by atoms with van der Waals surface area (Å²) in [6.07, 6.45) is -2.02. The summed E-state index contributed by atoms with van der Waals surface area (Å²) in [5.74, 6) is -0.0913. The Bertz CT molecular complexity index is 885. The fourth-order valence-corrected chi connectivity index (χ4v) is 3.71. The Kier molecular flexibility index (Phi) is 5.89. The molecular formula is C14H13Cl2F3N4O2S. The Balaban J connectivity index is 2.68. The van der Waals surface area contributed by atoms with Crippen molar-refractivity contribution in [2.24, 2.45) is 0 Å². The normalized spacial score (nSPS) is 13.9. The summed E-state index contributed by atoms with van der Waals surface area (Å²) in [4.78, 5) is 0.148. The molecule has 12 heteroatoms. The Labute approximate surface area is 159 Å². The molecule has 0 spiro atoms. The van der Waals surface area contributed by atoms with E-state index < -0.39 is 22.5 Å². The molecule has 0 bridgehead atoms. The second-order valence-electron chi connectivity index (χ2n) is 5.25. The van der Waals surface area contributed by atoms with E-state index in [2.05, 4.69) is 5.10 Å². The van der Waals surface area contributed by atoms with Gasteiger partial charge in [-0.1, -0.05) is 23.2 Å². The summed E-state index contributed by atoms with van der Waals surface area (Å²) in [6, 6.07) is 1.40. The quantitative estimate of drug-likeness (QED) is 0.350. The van der Waals surface area contributed by atoms with Crippen LogP contribution >= 0.6 is 23.2 Å². The molecule has 1 atom stereocenters. The Morgan fingerprint density at radius 2 is 1.92 bits per heavy atom. The van der Waals surface area contributed by atoms with Crippen molar-refractivity contribution in [2.75, 3.05) is 19.0 Å². The van der Waals surface area contributed by atoms with Crippen LogP contribution in [0.1, 0.15) is 11.3 Å². The second kappa shape index (κ2) is 7.45. The first-order valence-electron chi connectivity index (χ1n) is 6.94. The Morgan fingerprint density at radius 3 is 2.35 bits per heavy atom. The molecule has 0 aliphatic carbocycles. The third-order valence-electron chi connectivity index (χ3n) is 3.33. The number of alkyl halides is 3. The molecule has 1 heterocycles. The van der Waals surface area contributed by atoms with Gasteiger partial charge in [0.2, 0.25) is 0 Å². The zero-order chi connectivity index (χ0) is 19.8. The maximum absolute atomic E-state index is 12.9. The molecule has 1 unspecified atom stereocenters. The fourth-order valence-electron chi connectivity index (χ4n) is 2.23. The van der Waals surface area contributed by atoms with Gasteiger partial charge in [0.1, 0.15) is 23.4 Å². The molecule has 142 valence electrons. The lowest BCUT2D eigenvalue weighted by Gasteiger charge is -2.13.